The fourth-order valence-electron chi connectivity index (χ4n) is 1.23. The maximum atomic E-state index is 11.7. The van der Waals surface area contributed by atoms with Gasteiger partial charge in [-0.3, -0.25) is 4.79 Å². The van der Waals surface area contributed by atoms with Gasteiger partial charge >= 0.3 is 0 Å². The Hall–Kier alpha value is -1.75. The smallest absolute Gasteiger partial charge is 0.255 e. The lowest BCUT2D eigenvalue weighted by Crippen LogP contribution is -2.24. The SMILES string of the molecule is CCCNC(=O)c1ccc(N)cc1OC.CNC. The van der Waals surface area contributed by atoms with Crippen molar-refractivity contribution in [2.75, 3.05) is 33.5 Å². The standard InChI is InChI=1S/C11H16N2O2.C2H7N/c1-3-6-13-11(14)9-5-4-8(12)7-10(9)15-2;1-3-2/h4-5,7H,3,6,12H2,1-2H3,(H,13,14);3H,1-2H3. The maximum absolute atomic E-state index is 11.7. The Kier molecular flexibility index (Phi) is 8.39. The zero-order valence-electron chi connectivity index (χ0n) is 11.5. The van der Waals surface area contributed by atoms with Crippen molar-refractivity contribution in [1.29, 1.82) is 0 Å². The van der Waals surface area contributed by atoms with Gasteiger partial charge in [-0.25, -0.2) is 0 Å². The molecule has 0 aliphatic carbocycles. The van der Waals surface area contributed by atoms with Gasteiger partial charge in [0.1, 0.15) is 5.75 Å². The second kappa shape index (κ2) is 9.30. The molecule has 5 nitrogen and oxygen atoms in total. The number of nitrogen functional groups attached to an aromatic ring is 1. The van der Waals surface area contributed by atoms with Crippen LogP contribution in [0.5, 0.6) is 5.75 Å². The zero-order valence-corrected chi connectivity index (χ0v) is 11.5. The highest BCUT2D eigenvalue weighted by molar-refractivity contribution is 5.97. The van der Waals surface area contributed by atoms with Crippen LogP contribution in [0.1, 0.15) is 23.7 Å². The normalized spacial score (nSPS) is 9.11. The minimum absolute atomic E-state index is 0.131. The van der Waals surface area contributed by atoms with Gasteiger partial charge in [0.05, 0.1) is 12.7 Å². The van der Waals surface area contributed by atoms with E-state index in [0.29, 0.717) is 23.5 Å². The van der Waals surface area contributed by atoms with E-state index in [4.69, 9.17) is 10.5 Å². The first-order valence-corrected chi connectivity index (χ1v) is 5.90. The monoisotopic (exact) mass is 253 g/mol. The van der Waals surface area contributed by atoms with Crippen LogP contribution in [-0.2, 0) is 0 Å². The minimum Gasteiger partial charge on any atom is -0.496 e. The van der Waals surface area contributed by atoms with E-state index in [0.717, 1.165) is 6.42 Å². The lowest BCUT2D eigenvalue weighted by atomic mass is 10.1. The lowest BCUT2D eigenvalue weighted by molar-refractivity contribution is 0.0950. The highest BCUT2D eigenvalue weighted by Gasteiger charge is 2.11. The van der Waals surface area contributed by atoms with Gasteiger partial charge in [0.2, 0.25) is 0 Å². The number of anilines is 1. The summed E-state index contributed by atoms with van der Waals surface area (Å²) < 4.78 is 5.09. The average Bonchev–Trinajstić information content (AvgIpc) is 2.36. The van der Waals surface area contributed by atoms with Crippen molar-refractivity contribution >= 4 is 11.6 Å². The zero-order chi connectivity index (χ0) is 14.0. The Bertz CT molecular complexity index is 367. The molecule has 1 aromatic carbocycles. The summed E-state index contributed by atoms with van der Waals surface area (Å²) in [6.45, 7) is 2.66. The van der Waals surface area contributed by atoms with Crippen LogP contribution in [0.2, 0.25) is 0 Å². The first kappa shape index (κ1) is 16.2. The lowest BCUT2D eigenvalue weighted by Gasteiger charge is -2.09. The molecule has 5 heteroatoms. The van der Waals surface area contributed by atoms with Crippen LogP contribution in [-0.4, -0.2) is 33.7 Å². The molecule has 0 saturated heterocycles. The summed E-state index contributed by atoms with van der Waals surface area (Å²) in [5.41, 5.74) is 6.69. The number of hydrogen-bond donors (Lipinski definition) is 3. The number of nitrogens with one attached hydrogen (secondary N) is 2. The van der Waals surface area contributed by atoms with Crippen molar-refractivity contribution in [2.45, 2.75) is 13.3 Å². The first-order chi connectivity index (χ1) is 8.60. The molecule has 4 N–H and O–H groups in total. The molecule has 0 fully saturated rings. The van der Waals surface area contributed by atoms with Crippen molar-refractivity contribution in [3.05, 3.63) is 23.8 Å². The van der Waals surface area contributed by atoms with Crippen LogP contribution in [0.15, 0.2) is 18.2 Å². The van der Waals surface area contributed by atoms with E-state index in [1.165, 1.54) is 7.11 Å². The molecule has 0 bridgehead atoms. The molecule has 0 unspecified atom stereocenters. The molecule has 0 aliphatic heterocycles. The van der Waals surface area contributed by atoms with E-state index in [9.17, 15) is 4.79 Å². The number of carbonyl (C=O) groups is 1. The summed E-state index contributed by atoms with van der Waals surface area (Å²) in [6.07, 6.45) is 0.906. The quantitative estimate of drug-likeness (QED) is 0.706. The summed E-state index contributed by atoms with van der Waals surface area (Å²) in [7, 11) is 5.27. The van der Waals surface area contributed by atoms with E-state index in [-0.39, 0.29) is 5.91 Å². The Labute approximate surface area is 109 Å². The Balaban J connectivity index is 0.000000873. The van der Waals surface area contributed by atoms with Gasteiger partial charge in [-0.15, -0.1) is 0 Å². The van der Waals surface area contributed by atoms with Crippen molar-refractivity contribution < 1.29 is 9.53 Å². The van der Waals surface area contributed by atoms with Crippen LogP contribution < -0.4 is 21.1 Å². The maximum Gasteiger partial charge on any atom is 0.255 e. The van der Waals surface area contributed by atoms with Crippen LogP contribution >= 0.6 is 0 Å². The molecule has 0 aromatic heterocycles. The molecule has 18 heavy (non-hydrogen) atoms. The number of nitrogens with two attached hydrogens (primary N) is 1. The van der Waals surface area contributed by atoms with E-state index in [2.05, 4.69) is 10.6 Å². The van der Waals surface area contributed by atoms with Gasteiger partial charge in [0.15, 0.2) is 0 Å². The number of rotatable bonds is 4. The molecule has 0 spiro atoms. The fraction of sp³-hybridized carbons (Fsp3) is 0.462. The number of carbonyl (C=O) groups excluding carboxylic acids is 1. The Morgan fingerprint density at radius 2 is 2.00 bits per heavy atom. The van der Waals surface area contributed by atoms with Crippen LogP contribution in [0.25, 0.3) is 0 Å². The number of methoxy groups -OCH3 is 1. The molecule has 0 heterocycles. The van der Waals surface area contributed by atoms with Crippen molar-refractivity contribution in [3.63, 3.8) is 0 Å². The van der Waals surface area contributed by atoms with Crippen LogP contribution in [0, 0.1) is 0 Å². The molecule has 0 saturated carbocycles. The molecule has 0 radical (unpaired) electrons. The fourth-order valence-corrected chi connectivity index (χ4v) is 1.23. The molecule has 1 rings (SSSR count). The predicted molar refractivity (Wildman–Crippen MR) is 75.0 cm³/mol. The predicted octanol–water partition coefficient (Wildman–Crippen LogP) is 1.25. The van der Waals surface area contributed by atoms with Gasteiger partial charge in [-0.05, 0) is 32.6 Å². The Morgan fingerprint density at radius 3 is 2.50 bits per heavy atom. The summed E-state index contributed by atoms with van der Waals surface area (Å²) in [5.74, 6) is 0.373. The van der Waals surface area contributed by atoms with Gasteiger partial charge in [0.25, 0.3) is 5.91 Å². The molecular weight excluding hydrogens is 230 g/mol. The first-order valence-electron chi connectivity index (χ1n) is 5.90. The average molecular weight is 253 g/mol. The van der Waals surface area contributed by atoms with Crippen molar-refractivity contribution in [2.24, 2.45) is 0 Å². The second-order valence-electron chi connectivity index (χ2n) is 3.72. The third-order valence-corrected chi connectivity index (χ3v) is 2.01. The van der Waals surface area contributed by atoms with Crippen molar-refractivity contribution in [1.82, 2.24) is 10.6 Å². The van der Waals surface area contributed by atoms with Crippen molar-refractivity contribution in [3.8, 4) is 5.75 Å². The third-order valence-electron chi connectivity index (χ3n) is 2.01. The number of amides is 1. The molecule has 1 amide bonds. The van der Waals surface area contributed by atoms with E-state index in [1.54, 1.807) is 18.2 Å². The van der Waals surface area contributed by atoms with Crippen LogP contribution in [0.4, 0.5) is 5.69 Å². The number of ether oxygens (including phenoxy) is 1. The number of hydrogen-bond acceptors (Lipinski definition) is 4. The van der Waals surface area contributed by atoms with E-state index in [1.807, 2.05) is 21.0 Å². The van der Waals surface area contributed by atoms with E-state index >= 15 is 0 Å². The minimum atomic E-state index is -0.131. The largest absolute Gasteiger partial charge is 0.496 e. The summed E-state index contributed by atoms with van der Waals surface area (Å²) in [5, 5.41) is 5.53. The van der Waals surface area contributed by atoms with Crippen LogP contribution in [0.3, 0.4) is 0 Å². The second-order valence-corrected chi connectivity index (χ2v) is 3.72. The van der Waals surface area contributed by atoms with Gasteiger partial charge in [-0.1, -0.05) is 6.92 Å². The Morgan fingerprint density at radius 1 is 1.39 bits per heavy atom. The topological polar surface area (TPSA) is 76.4 Å². The third kappa shape index (κ3) is 5.54. The van der Waals surface area contributed by atoms with Gasteiger partial charge in [-0.2, -0.15) is 0 Å². The molecular formula is C13H23N3O2. The summed E-state index contributed by atoms with van der Waals surface area (Å²) in [6, 6.07) is 4.99. The molecule has 0 aliphatic rings. The summed E-state index contributed by atoms with van der Waals surface area (Å²) in [4.78, 5) is 11.7. The summed E-state index contributed by atoms with van der Waals surface area (Å²) >= 11 is 0. The number of benzene rings is 1. The highest BCUT2D eigenvalue weighted by atomic mass is 16.5. The van der Waals surface area contributed by atoms with E-state index < -0.39 is 0 Å². The highest BCUT2D eigenvalue weighted by Crippen LogP contribution is 2.21. The van der Waals surface area contributed by atoms with Gasteiger partial charge < -0.3 is 21.1 Å². The molecule has 0 atom stereocenters. The molecule has 1 aromatic rings. The molecule has 102 valence electrons. The van der Waals surface area contributed by atoms with Gasteiger partial charge in [0, 0.05) is 18.3 Å².